The molecular weight excluding hydrogens is 454 g/mol. The van der Waals surface area contributed by atoms with E-state index in [2.05, 4.69) is 20.9 Å². The fourth-order valence-corrected chi connectivity index (χ4v) is 4.70. The highest BCUT2D eigenvalue weighted by molar-refractivity contribution is 6.03. The number of aliphatic hydroxyl groups excluding tert-OH is 1. The molecule has 9 heteroatoms. The maximum Gasteiger partial charge on any atom is 0.318 e. The van der Waals surface area contributed by atoms with Crippen molar-refractivity contribution < 1.29 is 23.7 Å². The SMILES string of the molecule is C#Cc1c(F)ccc2cc(O)cc(-c3ncc4c(N5CCCC(CO)C5)nc(OC)nc4c3F)c12. The van der Waals surface area contributed by atoms with Crippen molar-refractivity contribution >= 4 is 27.5 Å². The molecule has 1 aliphatic heterocycles. The van der Waals surface area contributed by atoms with Crippen molar-refractivity contribution in [3.8, 4) is 35.4 Å². The van der Waals surface area contributed by atoms with Crippen molar-refractivity contribution in [3.63, 3.8) is 0 Å². The van der Waals surface area contributed by atoms with Crippen molar-refractivity contribution in [1.82, 2.24) is 15.0 Å². The number of benzene rings is 2. The summed E-state index contributed by atoms with van der Waals surface area (Å²) < 4.78 is 35.8. The predicted molar refractivity (Wildman–Crippen MR) is 128 cm³/mol. The standard InChI is InChI=1S/C26H22F2N4O3/c1-3-17-20(27)7-6-15-9-16(34)10-18(21(15)17)23-22(28)24-19(11-29-23)25(31-26(30-24)35-2)32-8-4-5-14(12-32)13-33/h1,6-7,9-11,14,33-34H,4-5,8,12-13H2,2H3. The molecule has 2 aromatic heterocycles. The molecule has 1 saturated heterocycles. The summed E-state index contributed by atoms with van der Waals surface area (Å²) in [5.41, 5.74) is -0.0791. The molecule has 0 bridgehead atoms. The molecule has 2 aromatic carbocycles. The first-order valence-corrected chi connectivity index (χ1v) is 11.1. The maximum absolute atomic E-state index is 16.1. The lowest BCUT2D eigenvalue weighted by Gasteiger charge is -2.33. The van der Waals surface area contributed by atoms with Gasteiger partial charge in [0.2, 0.25) is 0 Å². The van der Waals surface area contributed by atoms with Gasteiger partial charge in [-0.1, -0.05) is 12.0 Å². The third kappa shape index (κ3) is 3.86. The number of halogens is 2. The minimum atomic E-state index is -0.778. The Labute approximate surface area is 200 Å². The molecular formula is C26H22F2N4O3. The van der Waals surface area contributed by atoms with E-state index in [1.807, 2.05) is 4.90 Å². The van der Waals surface area contributed by atoms with Crippen LogP contribution in [0, 0.1) is 29.9 Å². The predicted octanol–water partition coefficient (Wildman–Crippen LogP) is 4.03. The molecule has 0 radical (unpaired) electrons. The average molecular weight is 476 g/mol. The van der Waals surface area contributed by atoms with Gasteiger partial charge in [0.05, 0.1) is 18.1 Å². The number of piperidine rings is 1. The van der Waals surface area contributed by atoms with E-state index in [0.29, 0.717) is 29.7 Å². The van der Waals surface area contributed by atoms with Crippen LogP contribution in [0.25, 0.3) is 32.9 Å². The van der Waals surface area contributed by atoms with Gasteiger partial charge in [0.15, 0.2) is 5.82 Å². The van der Waals surface area contributed by atoms with Crippen molar-refractivity contribution in [2.24, 2.45) is 5.92 Å². The number of hydrogen-bond acceptors (Lipinski definition) is 7. The van der Waals surface area contributed by atoms with Gasteiger partial charge in [0.25, 0.3) is 0 Å². The van der Waals surface area contributed by atoms with Crippen molar-refractivity contribution in [2.45, 2.75) is 12.8 Å². The number of anilines is 1. The molecule has 1 fully saturated rings. The molecule has 7 nitrogen and oxygen atoms in total. The topological polar surface area (TPSA) is 91.6 Å². The molecule has 0 aliphatic carbocycles. The van der Waals surface area contributed by atoms with Crippen molar-refractivity contribution in [3.05, 3.63) is 47.7 Å². The normalized spacial score (nSPS) is 16.0. The van der Waals surface area contributed by atoms with Gasteiger partial charge in [-0.3, -0.25) is 4.98 Å². The van der Waals surface area contributed by atoms with E-state index in [1.165, 1.54) is 37.6 Å². The zero-order valence-electron chi connectivity index (χ0n) is 18.9. The number of phenols is 1. The highest BCUT2D eigenvalue weighted by Crippen LogP contribution is 2.39. The Kier molecular flexibility index (Phi) is 5.83. The Morgan fingerprint density at radius 3 is 2.83 bits per heavy atom. The first-order chi connectivity index (χ1) is 16.9. The van der Waals surface area contributed by atoms with Crippen LogP contribution in [0.2, 0.25) is 0 Å². The number of aromatic nitrogens is 3. The average Bonchev–Trinajstić information content (AvgIpc) is 2.88. The maximum atomic E-state index is 16.1. The number of pyridine rings is 1. The summed E-state index contributed by atoms with van der Waals surface area (Å²) in [5, 5.41) is 21.0. The largest absolute Gasteiger partial charge is 0.508 e. The number of aromatic hydroxyl groups is 1. The van der Waals surface area contributed by atoms with Crippen LogP contribution in [0.15, 0.2) is 30.5 Å². The van der Waals surface area contributed by atoms with E-state index in [0.717, 1.165) is 12.8 Å². The zero-order chi connectivity index (χ0) is 24.7. The van der Waals surface area contributed by atoms with Crippen LogP contribution in [-0.4, -0.2) is 52.0 Å². The molecule has 35 heavy (non-hydrogen) atoms. The van der Waals surface area contributed by atoms with Gasteiger partial charge in [-0.15, -0.1) is 6.42 Å². The summed E-state index contributed by atoms with van der Waals surface area (Å²) >= 11 is 0. The van der Waals surface area contributed by atoms with Crippen LogP contribution < -0.4 is 9.64 Å². The summed E-state index contributed by atoms with van der Waals surface area (Å²) in [4.78, 5) is 15.0. The zero-order valence-corrected chi connectivity index (χ0v) is 18.9. The molecule has 0 amide bonds. The molecule has 1 atom stereocenters. The van der Waals surface area contributed by atoms with Gasteiger partial charge in [-0.2, -0.15) is 9.97 Å². The number of phenolic OH excluding ortho intramolecular Hbond substituents is 1. The van der Waals surface area contributed by atoms with Crippen LogP contribution in [0.4, 0.5) is 14.6 Å². The van der Waals surface area contributed by atoms with Crippen LogP contribution in [-0.2, 0) is 0 Å². The first-order valence-electron chi connectivity index (χ1n) is 11.1. The third-order valence-corrected chi connectivity index (χ3v) is 6.35. The molecule has 2 N–H and O–H groups in total. The number of terminal acetylenes is 1. The molecule has 3 heterocycles. The fourth-order valence-electron chi connectivity index (χ4n) is 4.70. The first kappa shape index (κ1) is 22.7. The van der Waals surface area contributed by atoms with Gasteiger partial charge < -0.3 is 19.8 Å². The van der Waals surface area contributed by atoms with Crippen LogP contribution >= 0.6 is 0 Å². The van der Waals surface area contributed by atoms with Gasteiger partial charge in [-0.25, -0.2) is 8.78 Å². The van der Waals surface area contributed by atoms with Crippen molar-refractivity contribution in [1.29, 1.82) is 0 Å². The lowest BCUT2D eigenvalue weighted by Crippen LogP contribution is -2.37. The monoisotopic (exact) mass is 476 g/mol. The Morgan fingerprint density at radius 1 is 1.26 bits per heavy atom. The molecule has 178 valence electrons. The molecule has 0 saturated carbocycles. The number of aliphatic hydroxyl groups is 1. The number of nitrogens with zero attached hydrogens (tertiary/aromatic N) is 4. The summed E-state index contributed by atoms with van der Waals surface area (Å²) in [6.45, 7) is 1.28. The smallest absolute Gasteiger partial charge is 0.318 e. The van der Waals surface area contributed by atoms with Crippen LogP contribution in [0.5, 0.6) is 11.8 Å². The van der Waals surface area contributed by atoms with E-state index in [-0.39, 0.29) is 52.0 Å². The summed E-state index contributed by atoms with van der Waals surface area (Å²) in [5.74, 6) is 1.30. The summed E-state index contributed by atoms with van der Waals surface area (Å²) in [7, 11) is 1.39. The second-order valence-electron chi connectivity index (χ2n) is 8.51. The highest BCUT2D eigenvalue weighted by Gasteiger charge is 2.26. The minimum Gasteiger partial charge on any atom is -0.508 e. The quantitative estimate of drug-likeness (QED) is 0.430. The molecule has 4 aromatic rings. The van der Waals surface area contributed by atoms with Crippen molar-refractivity contribution in [2.75, 3.05) is 31.7 Å². The number of rotatable bonds is 4. The fraction of sp³-hybridized carbons (Fsp3) is 0.269. The van der Waals surface area contributed by atoms with E-state index in [1.54, 1.807) is 0 Å². The Bertz CT molecular complexity index is 1500. The Morgan fingerprint density at radius 2 is 2.09 bits per heavy atom. The van der Waals surface area contributed by atoms with Crippen LogP contribution in [0.3, 0.4) is 0 Å². The Hall–Kier alpha value is -4.03. The molecule has 1 unspecified atom stereocenters. The highest BCUT2D eigenvalue weighted by atomic mass is 19.1. The minimum absolute atomic E-state index is 0.0224. The van der Waals surface area contributed by atoms with Gasteiger partial charge in [-0.05, 0) is 42.3 Å². The molecule has 5 rings (SSSR count). The second kappa shape index (κ2) is 8.96. The lowest BCUT2D eigenvalue weighted by molar-refractivity contribution is 0.208. The number of ether oxygens (including phenoxy) is 1. The number of methoxy groups -OCH3 is 1. The van der Waals surface area contributed by atoms with E-state index < -0.39 is 11.6 Å². The Balaban J connectivity index is 1.77. The third-order valence-electron chi connectivity index (χ3n) is 6.35. The second-order valence-corrected chi connectivity index (χ2v) is 8.51. The lowest BCUT2D eigenvalue weighted by atomic mass is 9.95. The van der Waals surface area contributed by atoms with E-state index in [9.17, 15) is 14.6 Å². The van der Waals surface area contributed by atoms with Gasteiger partial charge in [0, 0.05) is 36.8 Å². The molecule has 1 aliphatic rings. The summed E-state index contributed by atoms with van der Waals surface area (Å²) in [6, 6.07) is 5.37. The molecule has 0 spiro atoms. The van der Waals surface area contributed by atoms with Gasteiger partial charge >= 0.3 is 6.01 Å². The van der Waals surface area contributed by atoms with E-state index >= 15 is 4.39 Å². The number of fused-ring (bicyclic) bond motifs is 2. The van der Waals surface area contributed by atoms with E-state index in [4.69, 9.17) is 11.2 Å². The van der Waals surface area contributed by atoms with Gasteiger partial charge in [0.1, 0.15) is 28.6 Å². The summed E-state index contributed by atoms with van der Waals surface area (Å²) in [6.07, 6.45) is 8.76. The van der Waals surface area contributed by atoms with Crippen LogP contribution in [0.1, 0.15) is 18.4 Å². The number of hydrogen-bond donors (Lipinski definition) is 2.